The summed E-state index contributed by atoms with van der Waals surface area (Å²) in [4.78, 5) is 12.1. The van der Waals surface area contributed by atoms with Crippen LogP contribution in [0.4, 0.5) is 14.5 Å². The van der Waals surface area contributed by atoms with Crippen LogP contribution in [0.2, 0.25) is 0 Å². The van der Waals surface area contributed by atoms with E-state index in [-0.39, 0.29) is 5.69 Å². The van der Waals surface area contributed by atoms with Gasteiger partial charge in [-0.3, -0.25) is 4.79 Å². The molecule has 0 aromatic heterocycles. The number of carbonyl (C=O) groups is 1. The van der Waals surface area contributed by atoms with Crippen molar-refractivity contribution in [2.24, 2.45) is 0 Å². The lowest BCUT2D eigenvalue weighted by atomic mass is 10.1. The summed E-state index contributed by atoms with van der Waals surface area (Å²) in [6, 6.07) is 19.2. The zero-order valence-corrected chi connectivity index (χ0v) is 13.2. The summed E-state index contributed by atoms with van der Waals surface area (Å²) in [5, 5.41) is 2.42. The monoisotopic (exact) mass is 339 g/mol. The predicted molar refractivity (Wildman–Crippen MR) is 91.5 cm³/mol. The highest BCUT2D eigenvalue weighted by Crippen LogP contribution is 2.17. The van der Waals surface area contributed by atoms with Crippen molar-refractivity contribution >= 4 is 11.6 Å². The maximum atomic E-state index is 13.6. The van der Waals surface area contributed by atoms with E-state index in [1.54, 1.807) is 24.3 Å². The molecule has 3 rings (SSSR count). The van der Waals surface area contributed by atoms with Crippen molar-refractivity contribution in [2.45, 2.75) is 6.61 Å². The fraction of sp³-hybridized carbons (Fsp3) is 0.0500. The number of hydrogen-bond acceptors (Lipinski definition) is 2. The number of hydrogen-bond donors (Lipinski definition) is 1. The first-order chi connectivity index (χ1) is 12.1. The highest BCUT2D eigenvalue weighted by atomic mass is 19.1. The van der Waals surface area contributed by atoms with Crippen molar-refractivity contribution in [3.63, 3.8) is 0 Å². The molecule has 1 amide bonds. The van der Waals surface area contributed by atoms with Crippen LogP contribution in [0.3, 0.4) is 0 Å². The summed E-state index contributed by atoms with van der Waals surface area (Å²) < 4.78 is 32.1. The number of halogens is 2. The second kappa shape index (κ2) is 7.57. The van der Waals surface area contributed by atoms with Crippen molar-refractivity contribution in [2.75, 3.05) is 5.32 Å². The number of ether oxygens (including phenoxy) is 1. The highest BCUT2D eigenvalue weighted by Gasteiger charge is 2.10. The Balaban J connectivity index is 1.62. The van der Waals surface area contributed by atoms with Crippen LogP contribution in [0.15, 0.2) is 72.8 Å². The van der Waals surface area contributed by atoms with E-state index in [0.29, 0.717) is 12.2 Å². The Kier molecular flexibility index (Phi) is 5.04. The summed E-state index contributed by atoms with van der Waals surface area (Å²) >= 11 is 0. The van der Waals surface area contributed by atoms with Gasteiger partial charge in [-0.15, -0.1) is 0 Å². The van der Waals surface area contributed by atoms with Gasteiger partial charge in [-0.05, 0) is 42.0 Å². The van der Waals surface area contributed by atoms with Gasteiger partial charge in [0.05, 0.1) is 5.69 Å². The van der Waals surface area contributed by atoms with Crippen molar-refractivity contribution in [1.29, 1.82) is 0 Å². The molecule has 0 spiro atoms. The topological polar surface area (TPSA) is 38.3 Å². The van der Waals surface area contributed by atoms with Crippen LogP contribution in [0.1, 0.15) is 15.9 Å². The molecule has 0 fully saturated rings. The first-order valence-corrected chi connectivity index (χ1v) is 7.65. The number of amides is 1. The van der Waals surface area contributed by atoms with E-state index in [0.717, 1.165) is 23.4 Å². The third-order valence-corrected chi connectivity index (χ3v) is 3.54. The minimum absolute atomic E-state index is 0.0668. The molecule has 0 unspecified atom stereocenters. The molecule has 0 atom stereocenters. The lowest BCUT2D eigenvalue weighted by molar-refractivity contribution is 0.102. The lowest BCUT2D eigenvalue weighted by Crippen LogP contribution is -2.13. The van der Waals surface area contributed by atoms with Crippen molar-refractivity contribution in [3.05, 3.63) is 95.6 Å². The van der Waals surface area contributed by atoms with E-state index in [9.17, 15) is 13.6 Å². The Morgan fingerprint density at radius 1 is 0.920 bits per heavy atom. The fourth-order valence-electron chi connectivity index (χ4n) is 2.22. The number of benzene rings is 3. The molecule has 0 radical (unpaired) electrons. The molecule has 0 aliphatic rings. The van der Waals surface area contributed by atoms with E-state index in [1.807, 2.05) is 30.3 Å². The third-order valence-electron chi connectivity index (χ3n) is 3.54. The summed E-state index contributed by atoms with van der Waals surface area (Å²) in [5.41, 5.74) is 1.20. The summed E-state index contributed by atoms with van der Waals surface area (Å²) in [5.74, 6) is -1.23. The Morgan fingerprint density at radius 2 is 1.64 bits per heavy atom. The standard InChI is InChI=1S/C20H15F2NO2/c21-16-10-11-19(18(22)12-16)23-20(24)15-8-6-14(7-9-15)13-25-17-4-2-1-3-5-17/h1-12H,13H2,(H,23,24). The number of rotatable bonds is 5. The Hall–Kier alpha value is -3.21. The molecule has 0 saturated carbocycles. The second-order valence-corrected chi connectivity index (χ2v) is 5.38. The molecule has 1 N–H and O–H groups in total. The molecule has 0 aliphatic carbocycles. The molecule has 3 aromatic rings. The predicted octanol–water partition coefficient (Wildman–Crippen LogP) is 4.80. The molecule has 0 saturated heterocycles. The summed E-state index contributed by atoms with van der Waals surface area (Å²) in [6.07, 6.45) is 0. The van der Waals surface area contributed by atoms with Crippen molar-refractivity contribution < 1.29 is 18.3 Å². The zero-order chi connectivity index (χ0) is 17.6. The van der Waals surface area contributed by atoms with E-state index < -0.39 is 17.5 Å². The second-order valence-electron chi connectivity index (χ2n) is 5.38. The number of nitrogens with one attached hydrogen (secondary N) is 1. The van der Waals surface area contributed by atoms with E-state index >= 15 is 0 Å². The summed E-state index contributed by atoms with van der Waals surface area (Å²) in [7, 11) is 0. The van der Waals surface area contributed by atoms with Crippen molar-refractivity contribution in [3.8, 4) is 5.75 Å². The Labute approximate surface area is 143 Å². The van der Waals surface area contributed by atoms with Gasteiger partial charge in [0.2, 0.25) is 0 Å². The van der Waals surface area contributed by atoms with Crippen LogP contribution in [0.5, 0.6) is 5.75 Å². The van der Waals surface area contributed by atoms with Crippen LogP contribution in [-0.2, 0) is 6.61 Å². The van der Waals surface area contributed by atoms with E-state index in [4.69, 9.17) is 4.74 Å². The zero-order valence-electron chi connectivity index (χ0n) is 13.2. The molecule has 5 heteroatoms. The van der Waals surface area contributed by atoms with Crippen LogP contribution in [0.25, 0.3) is 0 Å². The molecule has 25 heavy (non-hydrogen) atoms. The molecule has 0 bridgehead atoms. The van der Waals surface area contributed by atoms with Gasteiger partial charge < -0.3 is 10.1 Å². The van der Waals surface area contributed by atoms with Crippen LogP contribution < -0.4 is 10.1 Å². The molecule has 0 heterocycles. The molecular formula is C20H15F2NO2. The maximum absolute atomic E-state index is 13.6. The number of para-hydroxylation sites is 1. The minimum Gasteiger partial charge on any atom is -0.489 e. The molecular weight excluding hydrogens is 324 g/mol. The fourth-order valence-corrected chi connectivity index (χ4v) is 2.22. The van der Waals surface area contributed by atoms with Gasteiger partial charge in [0.15, 0.2) is 0 Å². The quantitative estimate of drug-likeness (QED) is 0.725. The smallest absolute Gasteiger partial charge is 0.255 e. The first-order valence-electron chi connectivity index (χ1n) is 7.65. The Morgan fingerprint density at radius 3 is 2.32 bits per heavy atom. The maximum Gasteiger partial charge on any atom is 0.255 e. The van der Waals surface area contributed by atoms with Gasteiger partial charge in [0.1, 0.15) is 24.0 Å². The lowest BCUT2D eigenvalue weighted by Gasteiger charge is -2.08. The molecule has 0 aliphatic heterocycles. The SMILES string of the molecule is O=C(Nc1ccc(F)cc1F)c1ccc(COc2ccccc2)cc1. The van der Waals surface area contributed by atoms with Crippen LogP contribution in [0, 0.1) is 11.6 Å². The van der Waals surface area contributed by atoms with Gasteiger partial charge in [-0.2, -0.15) is 0 Å². The normalized spacial score (nSPS) is 10.3. The van der Waals surface area contributed by atoms with Crippen LogP contribution >= 0.6 is 0 Å². The Bertz CT molecular complexity index is 865. The average Bonchev–Trinajstić information content (AvgIpc) is 2.63. The number of carbonyl (C=O) groups excluding carboxylic acids is 1. The number of anilines is 1. The molecule has 126 valence electrons. The molecule has 3 aromatic carbocycles. The van der Waals surface area contributed by atoms with Crippen molar-refractivity contribution in [1.82, 2.24) is 0 Å². The largest absolute Gasteiger partial charge is 0.489 e. The third kappa shape index (κ3) is 4.41. The van der Waals surface area contributed by atoms with Gasteiger partial charge in [0.25, 0.3) is 5.91 Å². The summed E-state index contributed by atoms with van der Waals surface area (Å²) in [6.45, 7) is 0.374. The van der Waals surface area contributed by atoms with E-state index in [1.165, 1.54) is 6.07 Å². The van der Waals surface area contributed by atoms with E-state index in [2.05, 4.69) is 5.32 Å². The first kappa shape index (κ1) is 16.6. The van der Waals surface area contributed by atoms with Gasteiger partial charge in [-0.25, -0.2) is 8.78 Å². The van der Waals surface area contributed by atoms with Gasteiger partial charge in [0, 0.05) is 11.6 Å². The van der Waals surface area contributed by atoms with Gasteiger partial charge >= 0.3 is 0 Å². The van der Waals surface area contributed by atoms with Crippen LogP contribution in [-0.4, -0.2) is 5.91 Å². The minimum atomic E-state index is -0.818. The average molecular weight is 339 g/mol. The molecule has 3 nitrogen and oxygen atoms in total. The highest BCUT2D eigenvalue weighted by molar-refractivity contribution is 6.04. The van der Waals surface area contributed by atoms with Gasteiger partial charge in [-0.1, -0.05) is 30.3 Å².